The summed E-state index contributed by atoms with van der Waals surface area (Å²) in [6.07, 6.45) is 5.63. The van der Waals surface area contributed by atoms with Gasteiger partial charge >= 0.3 is 0 Å². The molecule has 3 heterocycles. The molecule has 1 aromatic carbocycles. The molecular weight excluding hydrogens is 376 g/mol. The number of benzene rings is 1. The third-order valence-corrected chi connectivity index (χ3v) is 4.70. The van der Waals surface area contributed by atoms with Gasteiger partial charge in [-0.15, -0.1) is 5.10 Å². The Hall–Kier alpha value is -3.58. The van der Waals surface area contributed by atoms with E-state index < -0.39 is 0 Å². The second-order valence-corrected chi connectivity index (χ2v) is 7.04. The largest absolute Gasteiger partial charge is 0.497 e. The molecule has 0 aliphatic heterocycles. The molecule has 0 bridgehead atoms. The van der Waals surface area contributed by atoms with Crippen molar-refractivity contribution in [2.24, 2.45) is 0 Å². The van der Waals surface area contributed by atoms with Crippen LogP contribution in [0.2, 0.25) is 0 Å². The van der Waals surface area contributed by atoms with Crippen LogP contribution in [-0.2, 0) is 26.2 Å². The lowest BCUT2D eigenvalue weighted by molar-refractivity contribution is 0.238. The van der Waals surface area contributed by atoms with E-state index in [1.165, 1.54) is 0 Å². The maximum atomic E-state index is 5.21. The Labute approximate surface area is 176 Å². The van der Waals surface area contributed by atoms with Crippen LogP contribution in [0.15, 0.2) is 79.3 Å². The summed E-state index contributed by atoms with van der Waals surface area (Å²) in [5.41, 5.74) is 4.08. The molecule has 0 spiro atoms. The lowest BCUT2D eigenvalue weighted by atomic mass is 10.2. The van der Waals surface area contributed by atoms with Crippen molar-refractivity contribution >= 4 is 0 Å². The molecule has 0 aliphatic rings. The molecule has 0 aliphatic carbocycles. The van der Waals surface area contributed by atoms with Crippen LogP contribution in [0.1, 0.15) is 22.6 Å². The number of nitrogens with zero attached hydrogens (tertiary/aromatic N) is 6. The molecule has 4 rings (SSSR count). The fourth-order valence-electron chi connectivity index (χ4n) is 3.24. The first kappa shape index (κ1) is 19.7. The van der Waals surface area contributed by atoms with Crippen molar-refractivity contribution in [3.63, 3.8) is 0 Å². The molecule has 0 amide bonds. The Morgan fingerprint density at radius 1 is 0.800 bits per heavy atom. The Bertz CT molecular complexity index is 993. The van der Waals surface area contributed by atoms with Gasteiger partial charge in [-0.25, -0.2) is 4.68 Å². The minimum atomic E-state index is 0.662. The summed E-state index contributed by atoms with van der Waals surface area (Å²) < 4.78 is 7.07. The zero-order valence-corrected chi connectivity index (χ0v) is 16.9. The van der Waals surface area contributed by atoms with Crippen LogP contribution in [0.4, 0.5) is 0 Å². The van der Waals surface area contributed by atoms with Gasteiger partial charge in [-0.1, -0.05) is 29.5 Å². The van der Waals surface area contributed by atoms with Crippen LogP contribution in [0, 0.1) is 0 Å². The van der Waals surface area contributed by atoms with E-state index in [2.05, 4.69) is 25.2 Å². The van der Waals surface area contributed by atoms with E-state index in [1.807, 2.05) is 83.9 Å². The van der Waals surface area contributed by atoms with E-state index in [0.29, 0.717) is 26.2 Å². The molecule has 0 radical (unpaired) electrons. The first-order chi connectivity index (χ1) is 14.8. The van der Waals surface area contributed by atoms with Crippen LogP contribution in [-0.4, -0.2) is 37.0 Å². The van der Waals surface area contributed by atoms with Gasteiger partial charge in [-0.2, -0.15) is 0 Å². The Morgan fingerprint density at radius 3 is 2.00 bits per heavy atom. The van der Waals surface area contributed by atoms with E-state index >= 15 is 0 Å². The van der Waals surface area contributed by atoms with Crippen molar-refractivity contribution < 1.29 is 4.74 Å². The molecule has 3 aromatic heterocycles. The highest BCUT2D eigenvalue weighted by Gasteiger charge is 2.12. The van der Waals surface area contributed by atoms with Gasteiger partial charge in [0.15, 0.2) is 0 Å². The number of rotatable bonds is 9. The molecule has 0 unspecified atom stereocenters. The van der Waals surface area contributed by atoms with Crippen LogP contribution < -0.4 is 4.74 Å². The normalized spacial score (nSPS) is 11.0. The summed E-state index contributed by atoms with van der Waals surface area (Å²) in [5.74, 6) is 0.845. The van der Waals surface area contributed by atoms with Crippen LogP contribution >= 0.6 is 0 Å². The molecule has 0 fully saturated rings. The van der Waals surface area contributed by atoms with Gasteiger partial charge < -0.3 is 4.74 Å². The van der Waals surface area contributed by atoms with Gasteiger partial charge in [0.05, 0.1) is 36.9 Å². The third kappa shape index (κ3) is 5.48. The second kappa shape index (κ2) is 9.76. The number of ether oxygens (including phenoxy) is 1. The van der Waals surface area contributed by atoms with E-state index in [0.717, 1.165) is 28.4 Å². The molecule has 0 saturated heterocycles. The fourth-order valence-corrected chi connectivity index (χ4v) is 3.24. The summed E-state index contributed by atoms with van der Waals surface area (Å²) >= 11 is 0. The molecule has 7 heteroatoms. The minimum absolute atomic E-state index is 0.662. The Balaban J connectivity index is 1.45. The average Bonchev–Trinajstić information content (AvgIpc) is 3.22. The summed E-state index contributed by atoms with van der Waals surface area (Å²) in [4.78, 5) is 11.2. The van der Waals surface area contributed by atoms with Crippen LogP contribution in [0.5, 0.6) is 5.75 Å². The van der Waals surface area contributed by atoms with Gasteiger partial charge in [0.1, 0.15) is 5.75 Å². The third-order valence-electron chi connectivity index (χ3n) is 4.70. The predicted octanol–water partition coefficient (Wildman–Crippen LogP) is 3.33. The minimum Gasteiger partial charge on any atom is -0.497 e. The highest BCUT2D eigenvalue weighted by molar-refractivity contribution is 5.27. The lowest BCUT2D eigenvalue weighted by Crippen LogP contribution is -2.23. The zero-order chi connectivity index (χ0) is 20.6. The molecule has 152 valence electrons. The zero-order valence-electron chi connectivity index (χ0n) is 16.9. The summed E-state index contributed by atoms with van der Waals surface area (Å²) in [6, 6.07) is 19.9. The van der Waals surface area contributed by atoms with Crippen LogP contribution in [0.3, 0.4) is 0 Å². The smallest absolute Gasteiger partial charge is 0.118 e. The van der Waals surface area contributed by atoms with E-state index in [4.69, 9.17) is 4.74 Å². The van der Waals surface area contributed by atoms with Crippen molar-refractivity contribution in [1.29, 1.82) is 0 Å². The monoisotopic (exact) mass is 400 g/mol. The molecular formula is C23H24N6O. The van der Waals surface area contributed by atoms with Crippen molar-refractivity contribution in [3.8, 4) is 5.75 Å². The van der Waals surface area contributed by atoms with Crippen LogP contribution in [0.25, 0.3) is 0 Å². The Kier molecular flexibility index (Phi) is 6.41. The standard InChI is InChI=1S/C23H24N6O/c1-30-23-10-8-19(9-11-23)14-29-18-22(26-27-29)17-28(15-20-6-2-4-12-24-20)16-21-7-3-5-13-25-21/h2-13,18H,14-17H2,1H3. The maximum absolute atomic E-state index is 5.21. The second-order valence-electron chi connectivity index (χ2n) is 7.04. The molecule has 7 nitrogen and oxygen atoms in total. The highest BCUT2D eigenvalue weighted by Crippen LogP contribution is 2.13. The van der Waals surface area contributed by atoms with E-state index in [9.17, 15) is 0 Å². The number of hydrogen-bond donors (Lipinski definition) is 0. The molecule has 0 atom stereocenters. The predicted molar refractivity (Wildman–Crippen MR) is 114 cm³/mol. The number of aromatic nitrogens is 5. The fraction of sp³-hybridized carbons (Fsp3) is 0.217. The summed E-state index contributed by atoms with van der Waals surface area (Å²) in [7, 11) is 1.67. The summed E-state index contributed by atoms with van der Waals surface area (Å²) in [6.45, 7) is 2.75. The van der Waals surface area contributed by atoms with Crippen molar-refractivity contribution in [2.45, 2.75) is 26.2 Å². The number of hydrogen-bond acceptors (Lipinski definition) is 6. The van der Waals surface area contributed by atoms with Gasteiger partial charge in [0, 0.05) is 32.0 Å². The first-order valence-electron chi connectivity index (χ1n) is 9.82. The van der Waals surface area contributed by atoms with Crippen molar-refractivity contribution in [1.82, 2.24) is 29.9 Å². The molecule has 4 aromatic rings. The lowest BCUT2D eigenvalue weighted by Gasteiger charge is -2.20. The quantitative estimate of drug-likeness (QED) is 0.429. The van der Waals surface area contributed by atoms with Gasteiger partial charge in [-0.3, -0.25) is 14.9 Å². The van der Waals surface area contributed by atoms with Gasteiger partial charge in [0.25, 0.3) is 0 Å². The first-order valence-corrected chi connectivity index (χ1v) is 9.82. The number of pyridine rings is 2. The highest BCUT2D eigenvalue weighted by atomic mass is 16.5. The number of methoxy groups -OCH3 is 1. The van der Waals surface area contributed by atoms with Gasteiger partial charge in [0.2, 0.25) is 0 Å². The molecule has 0 saturated carbocycles. The van der Waals surface area contributed by atoms with Gasteiger partial charge in [-0.05, 0) is 42.0 Å². The van der Waals surface area contributed by atoms with E-state index in [1.54, 1.807) is 7.11 Å². The molecule has 0 N–H and O–H groups in total. The van der Waals surface area contributed by atoms with E-state index in [-0.39, 0.29) is 0 Å². The average molecular weight is 400 g/mol. The topological polar surface area (TPSA) is 69.0 Å². The van der Waals surface area contributed by atoms with Crippen molar-refractivity contribution in [2.75, 3.05) is 7.11 Å². The maximum Gasteiger partial charge on any atom is 0.118 e. The SMILES string of the molecule is COc1ccc(Cn2cc(CN(Cc3ccccn3)Cc3ccccn3)nn2)cc1. The van der Waals surface area contributed by atoms with Crippen molar-refractivity contribution in [3.05, 3.63) is 102 Å². The molecule has 30 heavy (non-hydrogen) atoms. The Morgan fingerprint density at radius 2 is 1.43 bits per heavy atom. The summed E-state index contributed by atoms with van der Waals surface area (Å²) in [5, 5.41) is 8.67.